The highest BCUT2D eigenvalue weighted by Gasteiger charge is 2.62. The fourth-order valence-electron chi connectivity index (χ4n) is 5.16. The van der Waals surface area contributed by atoms with Crippen molar-refractivity contribution in [1.29, 1.82) is 0 Å². The summed E-state index contributed by atoms with van der Waals surface area (Å²) in [6, 6.07) is 0.269. The number of carbonyl (C=O) groups is 1. The number of rotatable bonds is 3. The van der Waals surface area contributed by atoms with Crippen molar-refractivity contribution in [3.05, 3.63) is 47.7 Å². The topological polar surface area (TPSA) is 117 Å². The molecule has 0 spiro atoms. The molecule has 1 aliphatic carbocycles. The summed E-state index contributed by atoms with van der Waals surface area (Å²) in [6.07, 6.45) is -1.21. The highest BCUT2D eigenvalue weighted by Crippen LogP contribution is 2.55. The highest BCUT2D eigenvalue weighted by atomic mass is 19.4. The van der Waals surface area contributed by atoms with Gasteiger partial charge in [-0.15, -0.1) is 10.2 Å². The smallest absolute Gasteiger partial charge is 0.417 e. The van der Waals surface area contributed by atoms with E-state index < -0.39 is 46.2 Å². The van der Waals surface area contributed by atoms with Crippen LogP contribution in [0.1, 0.15) is 43.5 Å². The number of hydrogen-bond acceptors (Lipinski definition) is 7. The number of amides is 2. The number of aryl methyl sites for hydroxylation is 1. The second kappa shape index (κ2) is 7.89. The first-order valence-corrected chi connectivity index (χ1v) is 10.8. The molecule has 0 unspecified atom stereocenters. The molecule has 2 amide bonds. The lowest BCUT2D eigenvalue weighted by Crippen LogP contribution is -2.70. The van der Waals surface area contributed by atoms with Gasteiger partial charge in [-0.3, -0.25) is 0 Å². The van der Waals surface area contributed by atoms with Gasteiger partial charge >= 0.3 is 12.2 Å². The number of benzene rings is 1. The zero-order chi connectivity index (χ0) is 25.1. The molecule has 0 radical (unpaired) electrons. The van der Waals surface area contributed by atoms with Crippen LogP contribution in [0.3, 0.4) is 0 Å². The first-order chi connectivity index (χ1) is 16.5. The number of nitrogens with zero attached hydrogens (tertiary/aromatic N) is 5. The molecular formula is C22H20F4N6O3. The molecule has 184 valence electrons. The average molecular weight is 492 g/mol. The standard InChI is InChI=1S/C22H20F4N6O3/c1-10-3-12-7-21(6-10,19-31-30-11(2)35-19)32(12)20(34)29-17-4-14(18-27-8-13(33)9-28-18)15(5-16(17)23)22(24,25)26/h4-5,8-10,12,33H,3,6-7H2,1-2H3,(H,29,34)/t10-,12-,21+/m1/s1. The van der Waals surface area contributed by atoms with E-state index in [0.29, 0.717) is 25.2 Å². The van der Waals surface area contributed by atoms with E-state index in [0.717, 1.165) is 18.5 Å². The van der Waals surface area contributed by atoms with E-state index in [1.54, 1.807) is 6.92 Å². The maximum atomic E-state index is 14.8. The summed E-state index contributed by atoms with van der Waals surface area (Å²) in [5, 5.41) is 19.7. The molecule has 1 saturated carbocycles. The summed E-state index contributed by atoms with van der Waals surface area (Å²) >= 11 is 0. The van der Waals surface area contributed by atoms with Gasteiger partial charge in [0.25, 0.3) is 0 Å². The van der Waals surface area contributed by atoms with Crippen LogP contribution in [-0.4, -0.2) is 42.2 Å². The number of carbonyl (C=O) groups excluding carboxylic acids is 1. The number of piperidine rings is 1. The lowest BCUT2D eigenvalue weighted by atomic mass is 9.64. The molecule has 35 heavy (non-hydrogen) atoms. The Morgan fingerprint density at radius 1 is 1.23 bits per heavy atom. The van der Waals surface area contributed by atoms with Crippen LogP contribution in [0, 0.1) is 18.7 Å². The number of likely N-dealkylation sites (tertiary alicyclic amines) is 1. The Morgan fingerprint density at radius 3 is 2.57 bits per heavy atom. The van der Waals surface area contributed by atoms with Gasteiger partial charge in [-0.05, 0) is 30.9 Å². The Hall–Kier alpha value is -3.77. The molecule has 2 fully saturated rings. The van der Waals surface area contributed by atoms with Gasteiger partial charge < -0.3 is 19.7 Å². The SMILES string of the molecule is Cc1nnc([C@]23C[C@H](C)C[C@H](C2)N3C(=O)Nc2cc(-c3ncc(O)cn3)c(C(F)(F)F)cc2F)o1. The molecule has 1 aromatic carbocycles. The van der Waals surface area contributed by atoms with Crippen LogP contribution >= 0.6 is 0 Å². The fraction of sp³-hybridized carbons (Fsp3) is 0.409. The molecule has 3 atom stereocenters. The second-order valence-corrected chi connectivity index (χ2v) is 9.00. The minimum atomic E-state index is -4.91. The Morgan fingerprint density at radius 2 is 1.94 bits per heavy atom. The number of urea groups is 1. The summed E-state index contributed by atoms with van der Waals surface area (Å²) in [5.41, 5.74) is -3.19. The summed E-state index contributed by atoms with van der Waals surface area (Å²) in [6.45, 7) is 3.67. The third kappa shape index (κ3) is 3.84. The number of anilines is 1. The average Bonchev–Trinajstić information content (AvgIpc) is 3.21. The van der Waals surface area contributed by atoms with Gasteiger partial charge in [0.2, 0.25) is 11.8 Å². The van der Waals surface area contributed by atoms with Gasteiger partial charge in [-0.1, -0.05) is 6.92 Å². The van der Waals surface area contributed by atoms with Gasteiger partial charge in [0.1, 0.15) is 11.4 Å². The maximum absolute atomic E-state index is 14.8. The lowest BCUT2D eigenvalue weighted by Gasteiger charge is -2.61. The van der Waals surface area contributed by atoms with Crippen molar-refractivity contribution < 1.29 is 31.9 Å². The molecule has 2 aliphatic rings. The summed E-state index contributed by atoms with van der Waals surface area (Å²) in [5.74, 6) is -1.13. The quantitative estimate of drug-likeness (QED) is 0.512. The highest BCUT2D eigenvalue weighted by molar-refractivity contribution is 5.92. The Bertz CT molecular complexity index is 1300. The third-order valence-corrected chi connectivity index (χ3v) is 6.44. The fourth-order valence-corrected chi connectivity index (χ4v) is 5.16. The van der Waals surface area contributed by atoms with Crippen molar-refractivity contribution in [1.82, 2.24) is 25.1 Å². The summed E-state index contributed by atoms with van der Waals surface area (Å²) < 4.78 is 61.3. The van der Waals surface area contributed by atoms with Crippen LogP contribution in [-0.2, 0) is 11.7 Å². The molecule has 5 rings (SSSR count). The van der Waals surface area contributed by atoms with Crippen molar-refractivity contribution >= 4 is 11.7 Å². The Labute approximate surface area is 196 Å². The van der Waals surface area contributed by atoms with Gasteiger partial charge in [0.15, 0.2) is 11.6 Å². The normalized spacial score (nSPS) is 23.7. The second-order valence-electron chi connectivity index (χ2n) is 9.00. The molecule has 1 aliphatic heterocycles. The maximum Gasteiger partial charge on any atom is 0.417 e. The van der Waals surface area contributed by atoms with E-state index in [9.17, 15) is 27.5 Å². The third-order valence-electron chi connectivity index (χ3n) is 6.44. The first-order valence-electron chi connectivity index (χ1n) is 10.8. The van der Waals surface area contributed by atoms with Crippen LogP contribution < -0.4 is 5.32 Å². The molecule has 3 heterocycles. The van der Waals surface area contributed by atoms with Gasteiger partial charge in [-0.2, -0.15) is 13.2 Å². The van der Waals surface area contributed by atoms with Crippen molar-refractivity contribution in [3.8, 4) is 17.1 Å². The minimum Gasteiger partial charge on any atom is -0.505 e. The summed E-state index contributed by atoms with van der Waals surface area (Å²) in [7, 11) is 0. The van der Waals surface area contributed by atoms with Crippen LogP contribution in [0.2, 0.25) is 0 Å². The van der Waals surface area contributed by atoms with Crippen molar-refractivity contribution in [3.63, 3.8) is 0 Å². The monoisotopic (exact) mass is 492 g/mol. The van der Waals surface area contributed by atoms with Gasteiger partial charge in [0.05, 0.1) is 23.6 Å². The number of fused-ring (bicyclic) bond motifs is 2. The van der Waals surface area contributed by atoms with Crippen LogP contribution in [0.25, 0.3) is 11.4 Å². The molecule has 3 aromatic rings. The molecular weight excluding hydrogens is 472 g/mol. The molecule has 2 N–H and O–H groups in total. The Balaban J connectivity index is 1.51. The summed E-state index contributed by atoms with van der Waals surface area (Å²) in [4.78, 5) is 22.2. The number of hydrogen-bond donors (Lipinski definition) is 2. The van der Waals surface area contributed by atoms with Crippen molar-refractivity contribution in [2.45, 2.75) is 50.9 Å². The minimum absolute atomic E-state index is 0.164. The number of halogens is 4. The predicted octanol–water partition coefficient (Wildman–Crippen LogP) is 4.63. The number of aromatic nitrogens is 4. The first kappa shape index (κ1) is 23.0. The van der Waals surface area contributed by atoms with Crippen LogP contribution in [0.4, 0.5) is 28.0 Å². The largest absolute Gasteiger partial charge is 0.505 e. The Kier molecular flexibility index (Phi) is 5.18. The number of alkyl halides is 3. The van der Waals surface area contributed by atoms with Crippen LogP contribution in [0.5, 0.6) is 5.75 Å². The van der Waals surface area contributed by atoms with E-state index in [2.05, 4.69) is 25.5 Å². The van der Waals surface area contributed by atoms with Crippen molar-refractivity contribution in [2.75, 3.05) is 5.32 Å². The zero-order valence-corrected chi connectivity index (χ0v) is 18.6. The van der Waals surface area contributed by atoms with E-state index in [1.165, 1.54) is 4.90 Å². The van der Waals surface area contributed by atoms with E-state index >= 15 is 0 Å². The predicted molar refractivity (Wildman–Crippen MR) is 112 cm³/mol. The van der Waals surface area contributed by atoms with E-state index in [1.807, 2.05) is 6.92 Å². The molecule has 1 saturated heterocycles. The van der Waals surface area contributed by atoms with E-state index in [4.69, 9.17) is 4.42 Å². The molecule has 13 heteroatoms. The number of nitrogens with one attached hydrogen (secondary N) is 1. The van der Waals surface area contributed by atoms with Gasteiger partial charge in [-0.25, -0.2) is 19.2 Å². The lowest BCUT2D eigenvalue weighted by molar-refractivity contribution is -0.137. The molecule has 9 nitrogen and oxygen atoms in total. The van der Waals surface area contributed by atoms with E-state index in [-0.39, 0.29) is 29.7 Å². The molecule has 2 bridgehead atoms. The van der Waals surface area contributed by atoms with Crippen LogP contribution in [0.15, 0.2) is 28.9 Å². The molecule has 2 aromatic heterocycles. The number of aromatic hydroxyl groups is 1. The zero-order valence-electron chi connectivity index (χ0n) is 18.6. The van der Waals surface area contributed by atoms with Crippen molar-refractivity contribution in [2.24, 2.45) is 5.92 Å². The van der Waals surface area contributed by atoms with Gasteiger partial charge in [0, 0.05) is 24.9 Å².